The molecule has 0 aliphatic carbocycles. The molecule has 0 aromatic carbocycles. The molecule has 17 heavy (non-hydrogen) atoms. The van der Waals surface area contributed by atoms with E-state index in [-0.39, 0.29) is 18.7 Å². The first-order valence-corrected chi connectivity index (χ1v) is 4.83. The van der Waals surface area contributed by atoms with E-state index in [9.17, 15) is 18.0 Å². The summed E-state index contributed by atoms with van der Waals surface area (Å²) in [7, 11) is 0. The molecular weight excluding hydrogens is 237 g/mol. The van der Waals surface area contributed by atoms with Crippen LogP contribution < -0.4 is 5.73 Å². The Morgan fingerprint density at radius 1 is 1.59 bits per heavy atom. The molecule has 2 N–H and O–H groups in total. The molecule has 7 heteroatoms. The summed E-state index contributed by atoms with van der Waals surface area (Å²) in [6.07, 6.45) is -2.67. The molecule has 0 amide bonds. The number of anilines is 1. The predicted molar refractivity (Wildman–Crippen MR) is 53.9 cm³/mol. The van der Waals surface area contributed by atoms with Crippen molar-refractivity contribution in [1.29, 1.82) is 0 Å². The van der Waals surface area contributed by atoms with Crippen LogP contribution in [0.1, 0.15) is 24.6 Å². The number of hydrogen-bond acceptors (Lipinski definition) is 4. The summed E-state index contributed by atoms with van der Waals surface area (Å²) in [5, 5.41) is 0. The summed E-state index contributed by atoms with van der Waals surface area (Å²) in [6.45, 7) is 1.77. The molecule has 0 radical (unpaired) electrons. The van der Waals surface area contributed by atoms with Gasteiger partial charge in [-0.2, -0.15) is 0 Å². The van der Waals surface area contributed by atoms with Gasteiger partial charge >= 0.3 is 5.97 Å². The number of rotatable bonds is 4. The average molecular weight is 248 g/mol. The Morgan fingerprint density at radius 2 is 2.24 bits per heavy atom. The lowest BCUT2D eigenvalue weighted by Gasteiger charge is -2.08. The van der Waals surface area contributed by atoms with Crippen LogP contribution in [0.25, 0.3) is 0 Å². The molecular formula is C10H11F3N2O2. The summed E-state index contributed by atoms with van der Waals surface area (Å²) >= 11 is 0. The highest BCUT2D eigenvalue weighted by Gasteiger charge is 2.20. The lowest BCUT2D eigenvalue weighted by molar-refractivity contribution is -0.142. The summed E-state index contributed by atoms with van der Waals surface area (Å²) < 4.78 is 42.6. The monoisotopic (exact) mass is 248 g/mol. The van der Waals surface area contributed by atoms with Crippen molar-refractivity contribution in [2.75, 3.05) is 12.3 Å². The fraction of sp³-hybridized carbons (Fsp3) is 0.400. The zero-order valence-electron chi connectivity index (χ0n) is 9.04. The van der Waals surface area contributed by atoms with Gasteiger partial charge < -0.3 is 10.5 Å². The van der Waals surface area contributed by atoms with Gasteiger partial charge in [-0.1, -0.05) is 0 Å². The Bertz CT molecular complexity index is 424. The van der Waals surface area contributed by atoms with Crippen LogP contribution in [-0.4, -0.2) is 17.6 Å². The molecule has 0 aliphatic rings. The van der Waals surface area contributed by atoms with Crippen molar-refractivity contribution >= 4 is 11.7 Å². The highest BCUT2D eigenvalue weighted by Crippen LogP contribution is 2.26. The van der Waals surface area contributed by atoms with Crippen LogP contribution in [0, 0.1) is 5.82 Å². The molecule has 4 nitrogen and oxygen atoms in total. The van der Waals surface area contributed by atoms with Crippen LogP contribution in [0.4, 0.5) is 18.9 Å². The number of esters is 1. The third-order valence-electron chi connectivity index (χ3n) is 2.01. The molecule has 1 aromatic rings. The van der Waals surface area contributed by atoms with Crippen LogP contribution >= 0.6 is 0 Å². The number of nitrogen functional groups attached to an aromatic ring is 1. The number of alkyl halides is 2. The molecule has 0 saturated carbocycles. The van der Waals surface area contributed by atoms with E-state index in [1.807, 2.05) is 0 Å². The van der Waals surface area contributed by atoms with Crippen molar-refractivity contribution in [2.24, 2.45) is 0 Å². The Balaban J connectivity index is 2.96. The first-order valence-electron chi connectivity index (χ1n) is 4.83. The normalized spacial score (nSPS) is 10.6. The molecule has 0 saturated heterocycles. The van der Waals surface area contributed by atoms with Gasteiger partial charge in [0.05, 0.1) is 30.0 Å². The van der Waals surface area contributed by atoms with Crippen LogP contribution in [0.2, 0.25) is 0 Å². The fourth-order valence-electron chi connectivity index (χ4n) is 1.20. The van der Waals surface area contributed by atoms with Crippen LogP contribution in [0.3, 0.4) is 0 Å². The van der Waals surface area contributed by atoms with Gasteiger partial charge in [-0.25, -0.2) is 13.2 Å². The number of pyridine rings is 1. The highest BCUT2D eigenvalue weighted by atomic mass is 19.3. The fourth-order valence-corrected chi connectivity index (χ4v) is 1.20. The van der Waals surface area contributed by atoms with E-state index in [0.717, 1.165) is 0 Å². The van der Waals surface area contributed by atoms with Gasteiger partial charge in [-0.05, 0) is 6.92 Å². The van der Waals surface area contributed by atoms with E-state index in [4.69, 9.17) is 5.73 Å². The number of nitrogens with zero attached hydrogens (tertiary/aromatic N) is 1. The first-order chi connectivity index (χ1) is 7.97. The molecule has 0 fully saturated rings. The number of hydrogen-bond donors (Lipinski definition) is 1. The van der Waals surface area contributed by atoms with Gasteiger partial charge in [0.1, 0.15) is 0 Å². The van der Waals surface area contributed by atoms with Gasteiger partial charge in [0.2, 0.25) is 0 Å². The molecule has 0 atom stereocenters. The highest BCUT2D eigenvalue weighted by molar-refractivity contribution is 5.74. The molecule has 1 heterocycles. The van der Waals surface area contributed by atoms with Gasteiger partial charge in [0, 0.05) is 6.20 Å². The van der Waals surface area contributed by atoms with Gasteiger partial charge in [0.25, 0.3) is 6.43 Å². The quantitative estimate of drug-likeness (QED) is 0.826. The minimum Gasteiger partial charge on any atom is -0.466 e. The minimum atomic E-state index is -3.00. The number of carbonyl (C=O) groups is 1. The van der Waals surface area contributed by atoms with Crippen molar-refractivity contribution in [1.82, 2.24) is 4.98 Å². The van der Waals surface area contributed by atoms with E-state index in [1.54, 1.807) is 6.92 Å². The second-order valence-corrected chi connectivity index (χ2v) is 3.17. The molecule has 0 aliphatic heterocycles. The Labute approximate surface area is 95.6 Å². The number of aromatic nitrogens is 1. The largest absolute Gasteiger partial charge is 0.466 e. The average Bonchev–Trinajstić information content (AvgIpc) is 2.25. The summed E-state index contributed by atoms with van der Waals surface area (Å²) in [5.74, 6) is -1.88. The van der Waals surface area contributed by atoms with Gasteiger partial charge in [0.15, 0.2) is 5.82 Å². The second kappa shape index (κ2) is 5.51. The lowest BCUT2D eigenvalue weighted by Crippen LogP contribution is -2.12. The molecule has 0 spiro atoms. The van der Waals surface area contributed by atoms with E-state index >= 15 is 0 Å². The summed E-state index contributed by atoms with van der Waals surface area (Å²) in [5.41, 5.74) is 3.76. The summed E-state index contributed by atoms with van der Waals surface area (Å²) in [4.78, 5) is 14.6. The van der Waals surface area contributed by atoms with E-state index in [1.165, 1.54) is 0 Å². The zero-order chi connectivity index (χ0) is 13.0. The molecule has 0 bridgehead atoms. The van der Waals surface area contributed by atoms with Crippen molar-refractivity contribution in [3.8, 4) is 0 Å². The van der Waals surface area contributed by atoms with Crippen LogP contribution in [-0.2, 0) is 16.0 Å². The molecule has 1 rings (SSSR count). The van der Waals surface area contributed by atoms with E-state index in [2.05, 4.69) is 9.72 Å². The first kappa shape index (κ1) is 13.3. The maximum absolute atomic E-state index is 13.4. The number of ether oxygens (including phenoxy) is 1. The molecule has 1 aromatic heterocycles. The van der Waals surface area contributed by atoms with Gasteiger partial charge in [-0.15, -0.1) is 0 Å². The number of nitrogens with two attached hydrogens (primary N) is 1. The molecule has 94 valence electrons. The Hall–Kier alpha value is -1.79. The lowest BCUT2D eigenvalue weighted by atomic mass is 10.1. The van der Waals surface area contributed by atoms with E-state index < -0.39 is 29.5 Å². The minimum absolute atomic E-state index is 0.106. The number of halogens is 3. The van der Waals surface area contributed by atoms with Crippen LogP contribution in [0.15, 0.2) is 6.20 Å². The maximum atomic E-state index is 13.4. The number of carbonyl (C=O) groups excluding carboxylic acids is 1. The third kappa shape index (κ3) is 3.08. The van der Waals surface area contributed by atoms with Crippen molar-refractivity contribution < 1.29 is 22.7 Å². The Morgan fingerprint density at radius 3 is 2.76 bits per heavy atom. The van der Waals surface area contributed by atoms with Gasteiger partial charge in [-0.3, -0.25) is 9.78 Å². The van der Waals surface area contributed by atoms with Crippen LogP contribution in [0.5, 0.6) is 0 Å². The van der Waals surface area contributed by atoms with Crippen molar-refractivity contribution in [3.63, 3.8) is 0 Å². The zero-order valence-corrected chi connectivity index (χ0v) is 9.04. The summed E-state index contributed by atoms with van der Waals surface area (Å²) in [6, 6.07) is 0. The van der Waals surface area contributed by atoms with Crippen molar-refractivity contribution in [2.45, 2.75) is 19.8 Å². The van der Waals surface area contributed by atoms with E-state index in [0.29, 0.717) is 6.20 Å². The second-order valence-electron chi connectivity index (χ2n) is 3.17. The smallest absolute Gasteiger partial charge is 0.311 e. The van der Waals surface area contributed by atoms with Crippen molar-refractivity contribution in [3.05, 3.63) is 23.3 Å². The maximum Gasteiger partial charge on any atom is 0.311 e. The SMILES string of the molecule is CCOC(=O)Cc1ncc(C(F)F)c(F)c1N. The third-order valence-corrected chi connectivity index (χ3v) is 2.01. The standard InChI is InChI=1S/C10H11F3N2O2/c1-2-17-7(16)3-6-9(14)8(11)5(4-15-6)10(12)13/h4,10H,2-3,14H2,1H3. The topological polar surface area (TPSA) is 65.2 Å². The predicted octanol–water partition coefficient (Wildman–Crippen LogP) is 1.85. The Kier molecular flexibility index (Phi) is 4.30. The molecule has 0 unspecified atom stereocenters.